The smallest absolute Gasteiger partial charge is 0.318 e. The lowest BCUT2D eigenvalue weighted by Crippen LogP contribution is -2.41. The number of allylic oxidation sites excluding steroid dienone is 1. The molecule has 6 heteroatoms. The highest BCUT2D eigenvalue weighted by Crippen LogP contribution is 2.40. The Hall–Kier alpha value is -2.11. The molecule has 1 aliphatic carbocycles. The molecule has 126 valence electrons. The maximum atomic E-state index is 12.9. The molecule has 0 aliphatic heterocycles. The lowest BCUT2D eigenvalue weighted by Gasteiger charge is -2.32. The summed E-state index contributed by atoms with van der Waals surface area (Å²) < 4.78 is 7.09. The summed E-state index contributed by atoms with van der Waals surface area (Å²) in [5, 5.41) is 0. The molecule has 0 spiro atoms. The van der Waals surface area contributed by atoms with E-state index in [0.29, 0.717) is 30.0 Å². The Bertz CT molecular complexity index is 658. The Morgan fingerprint density at radius 2 is 2.17 bits per heavy atom. The second kappa shape index (κ2) is 6.18. The Morgan fingerprint density at radius 1 is 1.52 bits per heavy atom. The van der Waals surface area contributed by atoms with E-state index >= 15 is 0 Å². The van der Waals surface area contributed by atoms with Gasteiger partial charge in [0.05, 0.1) is 18.6 Å². The number of Topliss-reactive ketones (excluding diaryl/α,β-unsaturated/α-hetero) is 1. The van der Waals surface area contributed by atoms with Crippen LogP contribution < -0.4 is 0 Å². The zero-order valence-corrected chi connectivity index (χ0v) is 14.7. The number of carbonyl (C=O) groups excluding carboxylic acids is 2. The average molecular weight is 319 g/mol. The summed E-state index contributed by atoms with van der Waals surface area (Å²) in [6.45, 7) is 7.86. The zero-order valence-electron chi connectivity index (χ0n) is 14.7. The van der Waals surface area contributed by atoms with E-state index in [1.54, 1.807) is 26.4 Å². The molecule has 23 heavy (non-hydrogen) atoms. The highest BCUT2D eigenvalue weighted by molar-refractivity contribution is 6.12. The molecule has 0 N–H and O–H groups in total. The van der Waals surface area contributed by atoms with E-state index in [2.05, 4.69) is 4.98 Å². The van der Waals surface area contributed by atoms with Crippen LogP contribution in [0.3, 0.4) is 0 Å². The van der Waals surface area contributed by atoms with Gasteiger partial charge >= 0.3 is 5.97 Å². The van der Waals surface area contributed by atoms with Crippen molar-refractivity contribution in [1.29, 1.82) is 0 Å². The van der Waals surface area contributed by atoms with Crippen LogP contribution in [0, 0.1) is 0 Å². The molecule has 0 aromatic carbocycles. The van der Waals surface area contributed by atoms with Crippen molar-refractivity contribution in [2.45, 2.75) is 45.6 Å². The first-order valence-corrected chi connectivity index (χ1v) is 7.88. The summed E-state index contributed by atoms with van der Waals surface area (Å²) in [6, 6.07) is 0.0837. The molecular weight excluding hydrogens is 294 g/mol. The zero-order chi connectivity index (χ0) is 17.4. The highest BCUT2D eigenvalue weighted by atomic mass is 16.5. The van der Waals surface area contributed by atoms with Crippen LogP contribution in [0.5, 0.6) is 0 Å². The molecule has 0 amide bonds. The van der Waals surface area contributed by atoms with Crippen LogP contribution in [-0.4, -0.2) is 46.9 Å². The third-order valence-electron chi connectivity index (χ3n) is 4.06. The molecule has 1 aromatic rings. The van der Waals surface area contributed by atoms with Crippen molar-refractivity contribution in [1.82, 2.24) is 14.5 Å². The maximum absolute atomic E-state index is 12.9. The highest BCUT2D eigenvalue weighted by Gasteiger charge is 2.48. The fourth-order valence-electron chi connectivity index (χ4n) is 2.95. The Morgan fingerprint density at radius 3 is 2.70 bits per heavy atom. The SMILES string of the molecule is CCOC(=O)C1(C)C/C(=C/N(C)C)C(=O)c2c1ncn2C(C)C. The first-order chi connectivity index (χ1) is 10.7. The minimum absolute atomic E-state index is 0.0679. The fourth-order valence-corrected chi connectivity index (χ4v) is 2.95. The van der Waals surface area contributed by atoms with Crippen molar-refractivity contribution >= 4 is 11.8 Å². The molecule has 6 nitrogen and oxygen atoms in total. The van der Waals surface area contributed by atoms with Gasteiger partial charge in [-0.2, -0.15) is 0 Å². The van der Waals surface area contributed by atoms with Gasteiger partial charge in [-0.3, -0.25) is 9.59 Å². The number of ether oxygens (including phenoxy) is 1. The van der Waals surface area contributed by atoms with E-state index in [1.165, 1.54) is 0 Å². The van der Waals surface area contributed by atoms with Gasteiger partial charge in [-0.05, 0) is 34.1 Å². The van der Waals surface area contributed by atoms with Crippen LogP contribution in [0.1, 0.15) is 56.3 Å². The minimum Gasteiger partial charge on any atom is -0.465 e. The summed E-state index contributed by atoms with van der Waals surface area (Å²) in [7, 11) is 3.72. The molecule has 2 rings (SSSR count). The predicted molar refractivity (Wildman–Crippen MR) is 87.3 cm³/mol. The minimum atomic E-state index is -0.943. The molecule has 1 aliphatic rings. The number of rotatable bonds is 4. The van der Waals surface area contributed by atoms with E-state index in [9.17, 15) is 9.59 Å². The van der Waals surface area contributed by atoms with Crippen molar-refractivity contribution in [3.05, 3.63) is 29.5 Å². The molecule has 0 fully saturated rings. The number of hydrogen-bond acceptors (Lipinski definition) is 5. The quantitative estimate of drug-likeness (QED) is 0.629. The van der Waals surface area contributed by atoms with Crippen molar-refractivity contribution in [3.8, 4) is 0 Å². The summed E-state index contributed by atoms with van der Waals surface area (Å²) in [6.07, 6.45) is 3.72. The van der Waals surface area contributed by atoms with Crippen LogP contribution in [0.25, 0.3) is 0 Å². The second-order valence-corrected chi connectivity index (χ2v) is 6.62. The van der Waals surface area contributed by atoms with Gasteiger partial charge in [-0.1, -0.05) is 0 Å². The predicted octanol–water partition coefficient (Wildman–Crippen LogP) is 2.32. The van der Waals surface area contributed by atoms with Crippen molar-refractivity contribution in [3.63, 3.8) is 0 Å². The van der Waals surface area contributed by atoms with Crippen molar-refractivity contribution < 1.29 is 14.3 Å². The third kappa shape index (κ3) is 2.90. The van der Waals surface area contributed by atoms with E-state index in [-0.39, 0.29) is 17.8 Å². The average Bonchev–Trinajstić information content (AvgIpc) is 2.90. The molecule has 0 saturated carbocycles. The summed E-state index contributed by atoms with van der Waals surface area (Å²) >= 11 is 0. The monoisotopic (exact) mass is 319 g/mol. The fraction of sp³-hybridized carbons (Fsp3) is 0.588. The molecule has 0 saturated heterocycles. The number of ketones is 1. The first-order valence-electron chi connectivity index (χ1n) is 7.88. The van der Waals surface area contributed by atoms with E-state index in [4.69, 9.17) is 4.74 Å². The van der Waals surface area contributed by atoms with Gasteiger partial charge in [0.15, 0.2) is 0 Å². The van der Waals surface area contributed by atoms with Crippen LogP contribution in [0.15, 0.2) is 18.1 Å². The first kappa shape index (κ1) is 17.2. The van der Waals surface area contributed by atoms with Gasteiger partial charge in [0.2, 0.25) is 5.78 Å². The summed E-state index contributed by atoms with van der Waals surface area (Å²) in [4.78, 5) is 31.7. The van der Waals surface area contributed by atoms with Crippen LogP contribution in [-0.2, 0) is 14.9 Å². The van der Waals surface area contributed by atoms with Crippen molar-refractivity contribution in [2.75, 3.05) is 20.7 Å². The van der Waals surface area contributed by atoms with Gasteiger partial charge in [0.1, 0.15) is 11.1 Å². The van der Waals surface area contributed by atoms with Gasteiger partial charge in [0, 0.05) is 31.9 Å². The Balaban J connectivity index is 2.66. The number of fused-ring (bicyclic) bond motifs is 1. The molecule has 1 aromatic heterocycles. The lowest BCUT2D eigenvalue weighted by atomic mass is 9.73. The van der Waals surface area contributed by atoms with E-state index in [0.717, 1.165) is 0 Å². The molecule has 0 bridgehead atoms. The van der Waals surface area contributed by atoms with Crippen LogP contribution in [0.2, 0.25) is 0 Å². The van der Waals surface area contributed by atoms with Gasteiger partial charge in [-0.25, -0.2) is 4.98 Å². The Kier molecular flexibility index (Phi) is 4.63. The summed E-state index contributed by atoms with van der Waals surface area (Å²) in [5.74, 6) is -0.408. The third-order valence-corrected chi connectivity index (χ3v) is 4.06. The standard InChI is InChI=1S/C17H25N3O3/c1-7-23-16(22)17(4)8-12(9-19(5)6)14(21)13-15(17)18-10-20(13)11(2)3/h9-11H,7-8H2,1-6H3/b12-9-. The largest absolute Gasteiger partial charge is 0.465 e. The molecule has 1 heterocycles. The number of carbonyl (C=O) groups is 2. The van der Waals surface area contributed by atoms with E-state index < -0.39 is 5.41 Å². The van der Waals surface area contributed by atoms with Gasteiger partial charge < -0.3 is 14.2 Å². The number of nitrogens with zero attached hydrogens (tertiary/aromatic N) is 3. The van der Waals surface area contributed by atoms with Gasteiger partial charge in [-0.15, -0.1) is 0 Å². The van der Waals surface area contributed by atoms with Crippen LogP contribution >= 0.6 is 0 Å². The number of imidazole rings is 1. The van der Waals surface area contributed by atoms with Crippen LogP contribution in [0.4, 0.5) is 0 Å². The second-order valence-electron chi connectivity index (χ2n) is 6.62. The molecule has 1 atom stereocenters. The lowest BCUT2D eigenvalue weighted by molar-refractivity contribution is -0.149. The number of esters is 1. The normalized spacial score (nSPS) is 22.4. The number of aromatic nitrogens is 2. The topological polar surface area (TPSA) is 64.4 Å². The Labute approximate surface area is 137 Å². The number of hydrogen-bond donors (Lipinski definition) is 0. The molecule has 1 unspecified atom stereocenters. The maximum Gasteiger partial charge on any atom is 0.318 e. The van der Waals surface area contributed by atoms with Crippen molar-refractivity contribution in [2.24, 2.45) is 0 Å². The molecule has 0 radical (unpaired) electrons. The van der Waals surface area contributed by atoms with Gasteiger partial charge in [0.25, 0.3) is 0 Å². The molecular formula is C17H25N3O3. The summed E-state index contributed by atoms with van der Waals surface area (Å²) in [5.41, 5.74) is 0.669. The van der Waals surface area contributed by atoms with E-state index in [1.807, 2.05) is 37.4 Å².